The number of hydrogen-bond acceptors (Lipinski definition) is 4. The van der Waals surface area contributed by atoms with Gasteiger partial charge in [-0.05, 0) is 38.3 Å². The molecule has 0 unspecified atom stereocenters. The first kappa shape index (κ1) is 20.0. The summed E-state index contributed by atoms with van der Waals surface area (Å²) in [6, 6.07) is 7.82. The first-order valence-corrected chi connectivity index (χ1v) is 10.1. The van der Waals surface area contributed by atoms with Crippen LogP contribution in [0.5, 0.6) is 5.75 Å². The number of benzene rings is 1. The topological polar surface area (TPSA) is 75.5 Å². The summed E-state index contributed by atoms with van der Waals surface area (Å²) < 4.78 is 12.4. The maximum absolute atomic E-state index is 12.9. The molecule has 3 aromatic heterocycles. The summed E-state index contributed by atoms with van der Waals surface area (Å²) in [6.07, 6.45) is 0.957. The van der Waals surface area contributed by atoms with E-state index < -0.39 is 5.69 Å². The van der Waals surface area contributed by atoms with Crippen molar-refractivity contribution in [1.82, 2.24) is 23.1 Å². The summed E-state index contributed by atoms with van der Waals surface area (Å²) in [7, 11) is 3.12. The predicted molar refractivity (Wildman–Crippen MR) is 117 cm³/mol. The molecule has 3 heterocycles. The summed E-state index contributed by atoms with van der Waals surface area (Å²) in [5.74, 6) is 1.89. The lowest BCUT2D eigenvalue weighted by molar-refractivity contribution is 0.289. The lowest BCUT2D eigenvalue weighted by Crippen LogP contribution is -2.37. The van der Waals surface area contributed by atoms with Gasteiger partial charge in [0.05, 0.1) is 12.3 Å². The van der Waals surface area contributed by atoms with Crippen molar-refractivity contribution < 1.29 is 4.74 Å². The van der Waals surface area contributed by atoms with Crippen molar-refractivity contribution in [2.24, 2.45) is 20.0 Å². The molecule has 4 rings (SSSR count). The number of ether oxygens (including phenoxy) is 1. The number of fused-ring (bicyclic) bond motifs is 3. The van der Waals surface area contributed by atoms with Gasteiger partial charge in [-0.2, -0.15) is 4.98 Å². The molecule has 30 heavy (non-hydrogen) atoms. The monoisotopic (exact) mass is 409 g/mol. The Morgan fingerprint density at radius 1 is 1.03 bits per heavy atom. The zero-order chi connectivity index (χ0) is 21.7. The minimum atomic E-state index is -0.397. The summed E-state index contributed by atoms with van der Waals surface area (Å²) in [4.78, 5) is 30.0. The van der Waals surface area contributed by atoms with E-state index in [1.807, 2.05) is 47.1 Å². The average Bonchev–Trinajstić information content (AvgIpc) is 3.21. The lowest BCUT2D eigenvalue weighted by atomic mass is 10.1. The van der Waals surface area contributed by atoms with Crippen LogP contribution < -0.4 is 16.0 Å². The first-order valence-electron chi connectivity index (χ1n) is 10.1. The van der Waals surface area contributed by atoms with Crippen LogP contribution in [0, 0.1) is 19.8 Å². The van der Waals surface area contributed by atoms with E-state index in [-0.39, 0.29) is 5.56 Å². The fourth-order valence-corrected chi connectivity index (χ4v) is 3.78. The first-order chi connectivity index (χ1) is 14.2. The molecule has 0 aliphatic rings. The fraction of sp³-hybridized carbons (Fsp3) is 0.409. The van der Waals surface area contributed by atoms with Crippen LogP contribution in [-0.2, 0) is 14.1 Å². The third-order valence-corrected chi connectivity index (χ3v) is 5.69. The van der Waals surface area contributed by atoms with E-state index in [2.05, 4.69) is 13.8 Å². The number of nitrogens with zero attached hydrogens (tertiary/aromatic N) is 5. The van der Waals surface area contributed by atoms with E-state index in [1.165, 1.54) is 11.6 Å². The molecule has 0 fully saturated rings. The van der Waals surface area contributed by atoms with Crippen molar-refractivity contribution in [3.05, 3.63) is 56.5 Å². The zero-order valence-corrected chi connectivity index (χ0v) is 18.3. The molecule has 0 saturated heterocycles. The highest BCUT2D eigenvalue weighted by molar-refractivity contribution is 5.77. The highest BCUT2D eigenvalue weighted by Crippen LogP contribution is 2.30. The molecule has 8 nitrogen and oxygen atoms in total. The van der Waals surface area contributed by atoms with E-state index in [9.17, 15) is 9.59 Å². The summed E-state index contributed by atoms with van der Waals surface area (Å²) in [6.45, 7) is 8.90. The number of para-hydroxylation sites is 2. The maximum atomic E-state index is 12.9. The van der Waals surface area contributed by atoms with Gasteiger partial charge in [-0.1, -0.05) is 26.0 Å². The smallest absolute Gasteiger partial charge is 0.332 e. The minimum absolute atomic E-state index is 0.359. The zero-order valence-electron chi connectivity index (χ0n) is 18.3. The van der Waals surface area contributed by atoms with Gasteiger partial charge in [0.25, 0.3) is 5.56 Å². The molecule has 0 spiro atoms. The number of rotatable bonds is 5. The third-order valence-electron chi connectivity index (χ3n) is 5.69. The molecule has 1 aromatic carbocycles. The van der Waals surface area contributed by atoms with Crippen molar-refractivity contribution in [2.45, 2.75) is 34.1 Å². The Labute approximate surface area is 174 Å². The van der Waals surface area contributed by atoms with Gasteiger partial charge in [0.1, 0.15) is 5.75 Å². The molecule has 0 aliphatic carbocycles. The highest BCUT2D eigenvalue weighted by atomic mass is 16.5. The molecule has 0 bridgehead atoms. The van der Waals surface area contributed by atoms with E-state index in [1.54, 1.807) is 7.05 Å². The van der Waals surface area contributed by atoms with Crippen LogP contribution in [0.3, 0.4) is 0 Å². The van der Waals surface area contributed by atoms with Crippen LogP contribution in [0.2, 0.25) is 0 Å². The standard InChI is InChI=1S/C22H27N5O3/c1-13(2)11-12-30-17-10-8-7-9-16(17)26-14(3)15(4)27-18-19(23-21(26)27)24(5)22(29)25(6)20(18)28/h7-10,13H,11-12H2,1-6H3. The van der Waals surface area contributed by atoms with Gasteiger partial charge >= 0.3 is 5.69 Å². The van der Waals surface area contributed by atoms with E-state index in [4.69, 9.17) is 9.72 Å². The van der Waals surface area contributed by atoms with Gasteiger partial charge in [0.15, 0.2) is 11.2 Å². The molecule has 4 aromatic rings. The molecule has 0 aliphatic heterocycles. The molecule has 0 amide bonds. The Balaban J connectivity index is 2.02. The Morgan fingerprint density at radius 2 is 1.73 bits per heavy atom. The third kappa shape index (κ3) is 2.86. The van der Waals surface area contributed by atoms with Gasteiger partial charge < -0.3 is 4.74 Å². The van der Waals surface area contributed by atoms with Crippen LogP contribution in [-0.4, -0.2) is 29.7 Å². The van der Waals surface area contributed by atoms with Crippen LogP contribution >= 0.6 is 0 Å². The Kier molecular flexibility index (Phi) is 4.80. The number of aryl methyl sites for hydroxylation is 2. The Hall–Kier alpha value is -3.29. The number of imidazole rings is 2. The van der Waals surface area contributed by atoms with Gasteiger partial charge in [0, 0.05) is 25.5 Å². The van der Waals surface area contributed by atoms with Crippen molar-refractivity contribution in [3.63, 3.8) is 0 Å². The van der Waals surface area contributed by atoms with E-state index >= 15 is 0 Å². The second-order valence-corrected chi connectivity index (χ2v) is 8.13. The van der Waals surface area contributed by atoms with E-state index in [0.717, 1.165) is 33.8 Å². The average molecular weight is 409 g/mol. The second-order valence-electron chi connectivity index (χ2n) is 8.13. The minimum Gasteiger partial charge on any atom is -0.491 e. The van der Waals surface area contributed by atoms with Crippen molar-refractivity contribution in [2.75, 3.05) is 6.61 Å². The molecule has 158 valence electrons. The van der Waals surface area contributed by atoms with Gasteiger partial charge in [-0.25, -0.2) is 4.79 Å². The summed E-state index contributed by atoms with van der Waals surface area (Å²) >= 11 is 0. The van der Waals surface area contributed by atoms with Crippen LogP contribution in [0.1, 0.15) is 31.7 Å². The van der Waals surface area contributed by atoms with Crippen LogP contribution in [0.25, 0.3) is 22.6 Å². The molecule has 0 atom stereocenters. The fourth-order valence-electron chi connectivity index (χ4n) is 3.78. The molecule has 8 heteroatoms. The SMILES string of the molecule is Cc1c(C)n2c3c(=O)n(C)c(=O)n(C)c3nc2n1-c1ccccc1OCCC(C)C. The normalized spacial score (nSPS) is 11.8. The van der Waals surface area contributed by atoms with Crippen molar-refractivity contribution >= 4 is 16.9 Å². The Bertz CT molecular complexity index is 1380. The highest BCUT2D eigenvalue weighted by Gasteiger charge is 2.23. The predicted octanol–water partition coefficient (Wildman–Crippen LogP) is 2.72. The largest absolute Gasteiger partial charge is 0.491 e. The van der Waals surface area contributed by atoms with Crippen LogP contribution in [0.4, 0.5) is 0 Å². The quantitative estimate of drug-likeness (QED) is 0.508. The van der Waals surface area contributed by atoms with Crippen LogP contribution in [0.15, 0.2) is 33.9 Å². The number of aromatic nitrogens is 5. The summed E-state index contributed by atoms with van der Waals surface area (Å²) in [5.41, 5.74) is 2.71. The number of hydrogen-bond donors (Lipinski definition) is 0. The maximum Gasteiger partial charge on any atom is 0.332 e. The second kappa shape index (κ2) is 7.19. The molecule has 0 N–H and O–H groups in total. The molecule has 0 radical (unpaired) electrons. The van der Waals surface area contributed by atoms with Gasteiger partial charge in [0.2, 0.25) is 5.78 Å². The molecule has 0 saturated carbocycles. The molecular formula is C22H27N5O3. The summed E-state index contributed by atoms with van der Waals surface area (Å²) in [5, 5.41) is 0. The van der Waals surface area contributed by atoms with Gasteiger partial charge in [-0.15, -0.1) is 0 Å². The molecular weight excluding hydrogens is 382 g/mol. The Morgan fingerprint density at radius 3 is 2.43 bits per heavy atom. The van der Waals surface area contributed by atoms with E-state index in [0.29, 0.717) is 29.5 Å². The van der Waals surface area contributed by atoms with Crippen molar-refractivity contribution in [3.8, 4) is 11.4 Å². The van der Waals surface area contributed by atoms with Gasteiger partial charge in [-0.3, -0.25) is 22.9 Å². The van der Waals surface area contributed by atoms with Crippen molar-refractivity contribution in [1.29, 1.82) is 0 Å². The lowest BCUT2D eigenvalue weighted by Gasteiger charge is -2.14.